The van der Waals surface area contributed by atoms with Gasteiger partial charge in [-0.15, -0.1) is 0 Å². The number of amides is 2. The molecule has 1 unspecified atom stereocenters. The van der Waals surface area contributed by atoms with Crippen molar-refractivity contribution in [3.63, 3.8) is 0 Å². The maximum absolute atomic E-state index is 12.8. The van der Waals surface area contributed by atoms with Crippen LogP contribution >= 0.6 is 23.4 Å². The van der Waals surface area contributed by atoms with Gasteiger partial charge in [-0.3, -0.25) is 9.59 Å². The maximum Gasteiger partial charge on any atom is 0.416 e. The SMILES string of the molecule is CC(=O)N1CCN(c2cc(Cl)nc(SCC(=O)NCc3cccc(C(F)(F)F)c3)n2)CC1C. The molecule has 1 aliphatic heterocycles. The summed E-state index contributed by atoms with van der Waals surface area (Å²) in [5.74, 6) is 0.242. The minimum atomic E-state index is -4.44. The normalized spacial score (nSPS) is 16.6. The van der Waals surface area contributed by atoms with E-state index in [1.807, 2.05) is 11.8 Å². The maximum atomic E-state index is 12.8. The third-order valence-electron chi connectivity index (χ3n) is 5.09. The van der Waals surface area contributed by atoms with E-state index in [9.17, 15) is 22.8 Å². The topological polar surface area (TPSA) is 78.4 Å². The van der Waals surface area contributed by atoms with Gasteiger partial charge in [0.1, 0.15) is 11.0 Å². The molecule has 1 atom stereocenters. The van der Waals surface area contributed by atoms with Gasteiger partial charge in [0.15, 0.2) is 5.16 Å². The largest absolute Gasteiger partial charge is 0.416 e. The average molecular weight is 502 g/mol. The number of halogens is 4. The van der Waals surface area contributed by atoms with Crippen LogP contribution < -0.4 is 10.2 Å². The van der Waals surface area contributed by atoms with E-state index in [2.05, 4.69) is 15.3 Å². The number of rotatable bonds is 6. The van der Waals surface area contributed by atoms with Gasteiger partial charge >= 0.3 is 6.18 Å². The van der Waals surface area contributed by atoms with Crippen molar-refractivity contribution in [2.24, 2.45) is 0 Å². The highest BCUT2D eigenvalue weighted by atomic mass is 35.5. The first-order valence-electron chi connectivity index (χ1n) is 10.2. The molecule has 1 N–H and O–H groups in total. The second-order valence-electron chi connectivity index (χ2n) is 7.60. The molecule has 1 fully saturated rings. The summed E-state index contributed by atoms with van der Waals surface area (Å²) < 4.78 is 38.4. The first-order valence-corrected chi connectivity index (χ1v) is 11.5. The Hall–Kier alpha value is -2.53. The van der Waals surface area contributed by atoms with Crippen molar-refractivity contribution in [1.82, 2.24) is 20.2 Å². The Kier molecular flexibility index (Phi) is 8.06. The molecular formula is C21H23ClF3N5O2S. The lowest BCUT2D eigenvalue weighted by Gasteiger charge is -2.40. The molecule has 0 saturated carbocycles. The van der Waals surface area contributed by atoms with Gasteiger partial charge in [0.2, 0.25) is 11.8 Å². The van der Waals surface area contributed by atoms with Gasteiger partial charge in [-0.2, -0.15) is 13.2 Å². The highest BCUT2D eigenvalue weighted by Gasteiger charge is 2.30. The highest BCUT2D eigenvalue weighted by molar-refractivity contribution is 7.99. The monoisotopic (exact) mass is 501 g/mol. The van der Waals surface area contributed by atoms with Crippen LogP contribution in [0.3, 0.4) is 0 Å². The quantitative estimate of drug-likeness (QED) is 0.370. The lowest BCUT2D eigenvalue weighted by Crippen LogP contribution is -2.53. The molecule has 1 aromatic heterocycles. The molecule has 1 saturated heterocycles. The number of hydrogen-bond acceptors (Lipinski definition) is 6. The number of thioether (sulfide) groups is 1. The van der Waals surface area contributed by atoms with E-state index in [4.69, 9.17) is 11.6 Å². The summed E-state index contributed by atoms with van der Waals surface area (Å²) in [6, 6.07) is 6.46. The molecule has 0 spiro atoms. The minimum absolute atomic E-state index is 0.0164. The zero-order valence-electron chi connectivity index (χ0n) is 18.0. The smallest absolute Gasteiger partial charge is 0.353 e. The third-order valence-corrected chi connectivity index (χ3v) is 6.13. The molecule has 0 aliphatic carbocycles. The molecule has 2 aromatic rings. The molecule has 2 amide bonds. The van der Waals surface area contributed by atoms with Crippen LogP contribution in [0.4, 0.5) is 19.0 Å². The molecule has 1 aliphatic rings. The average Bonchev–Trinajstić information content (AvgIpc) is 2.75. The van der Waals surface area contributed by atoms with E-state index in [1.165, 1.54) is 12.1 Å². The number of benzene rings is 1. The molecule has 0 radical (unpaired) electrons. The number of nitrogens with zero attached hydrogens (tertiary/aromatic N) is 4. The number of piperazine rings is 1. The van der Waals surface area contributed by atoms with Crippen molar-refractivity contribution in [2.75, 3.05) is 30.3 Å². The van der Waals surface area contributed by atoms with Crippen LogP contribution in [-0.4, -0.2) is 58.1 Å². The second-order valence-corrected chi connectivity index (χ2v) is 8.93. The first-order chi connectivity index (χ1) is 15.5. The van der Waals surface area contributed by atoms with E-state index < -0.39 is 11.7 Å². The van der Waals surface area contributed by atoms with E-state index in [0.29, 0.717) is 36.2 Å². The van der Waals surface area contributed by atoms with Gasteiger partial charge in [0, 0.05) is 45.2 Å². The Bertz CT molecular complexity index is 1020. The lowest BCUT2D eigenvalue weighted by atomic mass is 10.1. The zero-order chi connectivity index (χ0) is 24.2. The molecule has 3 rings (SSSR count). The van der Waals surface area contributed by atoms with E-state index in [1.54, 1.807) is 17.9 Å². The first kappa shape index (κ1) is 25.1. The molecule has 1 aromatic carbocycles. The molecular weight excluding hydrogens is 479 g/mol. The predicted molar refractivity (Wildman–Crippen MR) is 120 cm³/mol. The summed E-state index contributed by atoms with van der Waals surface area (Å²) in [5, 5.41) is 3.14. The minimum Gasteiger partial charge on any atom is -0.353 e. The lowest BCUT2D eigenvalue weighted by molar-refractivity contribution is -0.137. The van der Waals surface area contributed by atoms with Gasteiger partial charge in [0.05, 0.1) is 11.3 Å². The van der Waals surface area contributed by atoms with Crippen LogP contribution in [0.25, 0.3) is 0 Å². The number of hydrogen-bond donors (Lipinski definition) is 1. The Morgan fingerprint density at radius 2 is 2.00 bits per heavy atom. The van der Waals surface area contributed by atoms with E-state index in [0.717, 1.165) is 23.9 Å². The molecule has 12 heteroatoms. The van der Waals surface area contributed by atoms with Gasteiger partial charge < -0.3 is 15.1 Å². The Morgan fingerprint density at radius 3 is 2.67 bits per heavy atom. The van der Waals surface area contributed by atoms with Crippen molar-refractivity contribution in [2.45, 2.75) is 37.8 Å². The number of aromatic nitrogens is 2. The van der Waals surface area contributed by atoms with Crippen LogP contribution in [0.5, 0.6) is 0 Å². The Labute approximate surface area is 198 Å². The van der Waals surface area contributed by atoms with Gasteiger partial charge in [0.25, 0.3) is 0 Å². The second kappa shape index (κ2) is 10.6. The molecule has 178 valence electrons. The highest BCUT2D eigenvalue weighted by Crippen LogP contribution is 2.29. The van der Waals surface area contributed by atoms with Crippen LogP contribution in [0, 0.1) is 0 Å². The predicted octanol–water partition coefficient (Wildman–Crippen LogP) is 3.61. The van der Waals surface area contributed by atoms with Crippen LogP contribution in [0.2, 0.25) is 5.15 Å². The molecule has 2 heterocycles. The van der Waals surface area contributed by atoms with Gasteiger partial charge in [-0.05, 0) is 24.6 Å². The summed E-state index contributed by atoms with van der Waals surface area (Å²) in [5.41, 5.74) is -0.412. The van der Waals surface area contributed by atoms with Gasteiger partial charge in [-0.25, -0.2) is 9.97 Å². The number of carbonyl (C=O) groups is 2. The number of carbonyl (C=O) groups excluding carboxylic acids is 2. The van der Waals surface area contributed by atoms with Crippen LogP contribution in [0.15, 0.2) is 35.5 Å². The van der Waals surface area contributed by atoms with Crippen molar-refractivity contribution < 1.29 is 22.8 Å². The van der Waals surface area contributed by atoms with Crippen molar-refractivity contribution >= 4 is 41.0 Å². The zero-order valence-corrected chi connectivity index (χ0v) is 19.6. The number of anilines is 1. The van der Waals surface area contributed by atoms with E-state index >= 15 is 0 Å². The number of alkyl halides is 3. The van der Waals surface area contributed by atoms with Crippen molar-refractivity contribution in [3.8, 4) is 0 Å². The summed E-state index contributed by atoms with van der Waals surface area (Å²) >= 11 is 7.22. The fourth-order valence-corrected chi connectivity index (χ4v) is 4.40. The van der Waals surface area contributed by atoms with Crippen molar-refractivity contribution in [3.05, 3.63) is 46.6 Å². The van der Waals surface area contributed by atoms with Crippen LogP contribution in [-0.2, 0) is 22.3 Å². The Morgan fingerprint density at radius 1 is 1.24 bits per heavy atom. The Balaban J connectivity index is 1.56. The van der Waals surface area contributed by atoms with E-state index in [-0.39, 0.29) is 35.3 Å². The summed E-state index contributed by atoms with van der Waals surface area (Å²) in [6.45, 7) is 5.23. The van der Waals surface area contributed by atoms with Crippen LogP contribution in [0.1, 0.15) is 25.0 Å². The van der Waals surface area contributed by atoms with Gasteiger partial charge in [-0.1, -0.05) is 35.5 Å². The summed E-state index contributed by atoms with van der Waals surface area (Å²) in [7, 11) is 0. The summed E-state index contributed by atoms with van der Waals surface area (Å²) in [6.07, 6.45) is -4.44. The number of nitrogens with one attached hydrogen (secondary N) is 1. The van der Waals surface area contributed by atoms with Crippen molar-refractivity contribution in [1.29, 1.82) is 0 Å². The molecule has 0 bridgehead atoms. The third kappa shape index (κ3) is 6.97. The molecule has 33 heavy (non-hydrogen) atoms. The fourth-order valence-electron chi connectivity index (χ4n) is 3.48. The molecule has 7 nitrogen and oxygen atoms in total. The standard InChI is InChI=1S/C21H23ClF3N5O2S/c1-13-11-29(6-7-30(13)14(2)31)18-9-17(22)27-20(28-18)33-12-19(32)26-10-15-4-3-5-16(8-15)21(23,24)25/h3-5,8-9,13H,6-7,10-12H2,1-2H3,(H,26,32). The summed E-state index contributed by atoms with van der Waals surface area (Å²) in [4.78, 5) is 36.3. The fraction of sp³-hybridized carbons (Fsp3) is 0.429.